The molecule has 1 aromatic heterocycles. The van der Waals surface area contributed by atoms with Gasteiger partial charge in [0.2, 0.25) is 0 Å². The smallest absolute Gasteiger partial charge is 0.289 e. The second kappa shape index (κ2) is 11.4. The van der Waals surface area contributed by atoms with Gasteiger partial charge in [0, 0.05) is 11.2 Å². The minimum Gasteiger partial charge on any atom is -0.755 e. The number of hydrogen-bond acceptors (Lipinski definition) is 5. The summed E-state index contributed by atoms with van der Waals surface area (Å²) in [7, 11) is 0. The summed E-state index contributed by atoms with van der Waals surface area (Å²) in [5, 5.41) is 0.547. The lowest BCUT2D eigenvalue weighted by atomic mass is 10.2. The predicted octanol–water partition coefficient (Wildman–Crippen LogP) is 5.21. The number of imidazole rings is 1. The van der Waals surface area contributed by atoms with Crippen molar-refractivity contribution < 1.29 is 18.3 Å². The highest BCUT2D eigenvalue weighted by molar-refractivity contribution is 7.81. The van der Waals surface area contributed by atoms with E-state index in [-0.39, 0.29) is 11.4 Å². The van der Waals surface area contributed by atoms with Crippen molar-refractivity contribution in [3.8, 4) is 5.75 Å². The molecule has 1 atom stereocenters. The molecular weight excluding hydrogens is 462 g/mol. The van der Waals surface area contributed by atoms with Crippen molar-refractivity contribution in [2.75, 3.05) is 10.9 Å². The third-order valence-electron chi connectivity index (χ3n) is 5.18. The first kappa shape index (κ1) is 25.0. The molecule has 9 heteroatoms. The molecule has 33 heavy (non-hydrogen) atoms. The monoisotopic (exact) mass is 488 g/mol. The molecule has 0 aliphatic heterocycles. The Morgan fingerprint density at radius 2 is 1.91 bits per heavy atom. The molecule has 1 amide bonds. The zero-order valence-corrected chi connectivity index (χ0v) is 20.5. The first-order valence-corrected chi connectivity index (χ1v) is 12.2. The zero-order valence-electron chi connectivity index (χ0n) is 18.9. The number of anilines is 1. The quantitative estimate of drug-likeness (QED) is 0.288. The molecule has 176 valence electrons. The molecule has 1 heterocycles. The van der Waals surface area contributed by atoms with Crippen molar-refractivity contribution in [1.29, 1.82) is 0 Å². The first-order chi connectivity index (χ1) is 15.8. The van der Waals surface area contributed by atoms with Crippen LogP contribution in [0.3, 0.4) is 0 Å². The van der Waals surface area contributed by atoms with Crippen LogP contribution in [0, 0.1) is 13.8 Å². The Bertz CT molecular complexity index is 1130. The topological polar surface area (TPSA) is 87.5 Å². The number of rotatable bonds is 10. The SMILES string of the molecule is CCCCCOc1ccc(Cn2cc(C(=O)N(c3ccc(C)cc3)S(=O)[O-])nc2C)c(Cl)c1. The van der Waals surface area contributed by atoms with Gasteiger partial charge in [-0.2, -0.15) is 0 Å². The fourth-order valence-electron chi connectivity index (χ4n) is 3.30. The number of unbranched alkanes of at least 4 members (excludes halogenated alkanes) is 2. The van der Waals surface area contributed by atoms with Gasteiger partial charge in [0.05, 0.1) is 30.1 Å². The zero-order chi connectivity index (χ0) is 24.0. The molecule has 0 saturated carbocycles. The highest BCUT2D eigenvalue weighted by atomic mass is 35.5. The normalized spacial score (nSPS) is 11.9. The van der Waals surface area contributed by atoms with Gasteiger partial charge < -0.3 is 13.9 Å². The average molecular weight is 489 g/mol. The molecule has 0 spiro atoms. The summed E-state index contributed by atoms with van der Waals surface area (Å²) in [4.78, 5) is 17.3. The second-order valence-corrected chi connectivity index (χ2v) is 8.97. The molecule has 3 aromatic rings. The summed E-state index contributed by atoms with van der Waals surface area (Å²) in [6.07, 6.45) is 4.78. The Kier molecular flexibility index (Phi) is 8.66. The highest BCUT2D eigenvalue weighted by Gasteiger charge is 2.22. The fraction of sp³-hybridized carbons (Fsp3) is 0.333. The third-order valence-corrected chi connectivity index (χ3v) is 6.21. The van der Waals surface area contributed by atoms with E-state index < -0.39 is 17.2 Å². The van der Waals surface area contributed by atoms with Crippen LogP contribution in [0.15, 0.2) is 48.7 Å². The largest absolute Gasteiger partial charge is 0.755 e. The summed E-state index contributed by atoms with van der Waals surface area (Å²) in [5.74, 6) is 0.551. The minimum atomic E-state index is -2.79. The molecule has 1 unspecified atom stereocenters. The van der Waals surface area contributed by atoms with E-state index in [2.05, 4.69) is 11.9 Å². The molecule has 0 aliphatic rings. The van der Waals surface area contributed by atoms with E-state index in [0.29, 0.717) is 34.1 Å². The van der Waals surface area contributed by atoms with E-state index in [1.54, 1.807) is 41.8 Å². The lowest BCUT2D eigenvalue weighted by molar-refractivity contribution is 0.100. The van der Waals surface area contributed by atoms with Gasteiger partial charge in [0.15, 0.2) is 0 Å². The van der Waals surface area contributed by atoms with Crippen molar-refractivity contribution in [3.05, 3.63) is 76.3 Å². The van der Waals surface area contributed by atoms with Crippen LogP contribution in [0.5, 0.6) is 5.75 Å². The number of aryl methyl sites for hydroxylation is 2. The van der Waals surface area contributed by atoms with Crippen molar-refractivity contribution in [2.24, 2.45) is 0 Å². The third kappa shape index (κ3) is 6.43. The number of hydrogen-bond donors (Lipinski definition) is 0. The number of carbonyl (C=O) groups is 1. The molecule has 7 nitrogen and oxygen atoms in total. The molecule has 3 rings (SSSR count). The van der Waals surface area contributed by atoms with Crippen molar-refractivity contribution >= 4 is 34.5 Å². The number of benzene rings is 2. The molecule has 0 fully saturated rings. The van der Waals surface area contributed by atoms with Crippen LogP contribution in [0.4, 0.5) is 5.69 Å². The molecule has 2 aromatic carbocycles. The molecular formula is C24H27ClN3O4S-. The predicted molar refractivity (Wildman–Crippen MR) is 129 cm³/mol. The van der Waals surface area contributed by atoms with Crippen LogP contribution in [-0.2, 0) is 17.8 Å². The molecule has 0 aliphatic carbocycles. The average Bonchev–Trinajstić information content (AvgIpc) is 3.14. The number of aromatic nitrogens is 2. The van der Waals surface area contributed by atoms with E-state index in [0.717, 1.165) is 30.4 Å². The molecule has 0 N–H and O–H groups in total. The van der Waals surface area contributed by atoms with Crippen LogP contribution in [-0.4, -0.2) is 30.8 Å². The van der Waals surface area contributed by atoms with Crippen LogP contribution >= 0.6 is 11.6 Å². The first-order valence-electron chi connectivity index (χ1n) is 10.8. The number of carbonyl (C=O) groups excluding carboxylic acids is 1. The van der Waals surface area contributed by atoms with E-state index in [1.807, 2.05) is 19.1 Å². The van der Waals surface area contributed by atoms with Crippen molar-refractivity contribution in [3.63, 3.8) is 0 Å². The van der Waals surface area contributed by atoms with E-state index >= 15 is 0 Å². The van der Waals surface area contributed by atoms with Crippen LogP contribution in [0.25, 0.3) is 0 Å². The van der Waals surface area contributed by atoms with Crippen LogP contribution in [0.1, 0.15) is 53.6 Å². The Labute approximate surface area is 201 Å². The lowest BCUT2D eigenvalue weighted by Gasteiger charge is -2.23. The highest BCUT2D eigenvalue weighted by Crippen LogP contribution is 2.25. The maximum absolute atomic E-state index is 13.0. The van der Waals surface area contributed by atoms with E-state index in [4.69, 9.17) is 16.3 Å². The molecule has 0 radical (unpaired) electrons. The summed E-state index contributed by atoms with van der Waals surface area (Å²) >= 11 is 3.67. The van der Waals surface area contributed by atoms with Gasteiger partial charge >= 0.3 is 0 Å². The summed E-state index contributed by atoms with van der Waals surface area (Å²) in [5.41, 5.74) is 2.07. The number of ether oxygens (including phenoxy) is 1. The van der Waals surface area contributed by atoms with Gasteiger partial charge in [-0.25, -0.2) is 9.29 Å². The van der Waals surface area contributed by atoms with E-state index in [9.17, 15) is 13.6 Å². The Morgan fingerprint density at radius 3 is 2.55 bits per heavy atom. The van der Waals surface area contributed by atoms with Gasteiger partial charge in [-0.15, -0.1) is 0 Å². The number of nitrogens with zero attached hydrogens (tertiary/aromatic N) is 3. The van der Waals surface area contributed by atoms with Crippen LogP contribution in [0.2, 0.25) is 5.02 Å². The number of halogens is 1. The second-order valence-electron chi connectivity index (χ2n) is 7.76. The Morgan fingerprint density at radius 1 is 1.18 bits per heavy atom. The van der Waals surface area contributed by atoms with Gasteiger partial charge in [-0.3, -0.25) is 9.00 Å². The van der Waals surface area contributed by atoms with Gasteiger partial charge in [-0.1, -0.05) is 55.1 Å². The lowest BCUT2D eigenvalue weighted by Crippen LogP contribution is -2.32. The molecule has 0 saturated heterocycles. The maximum atomic E-state index is 13.0. The summed E-state index contributed by atoms with van der Waals surface area (Å²) in [6.45, 7) is 6.80. The Balaban J connectivity index is 1.76. The standard InChI is InChI=1S/C24H28ClN3O4S/c1-4-5-6-13-32-21-12-9-19(22(25)14-21)15-27-16-23(26-18(27)3)24(29)28(33(30)31)20-10-7-17(2)8-11-20/h7-12,14,16H,4-6,13,15H2,1-3H3,(H,30,31)/p-1. The van der Waals surface area contributed by atoms with Crippen molar-refractivity contribution in [2.45, 2.75) is 46.6 Å². The Hall–Kier alpha value is -2.68. The number of amides is 1. The van der Waals surface area contributed by atoms with Crippen molar-refractivity contribution in [1.82, 2.24) is 9.55 Å². The van der Waals surface area contributed by atoms with Crippen LogP contribution < -0.4 is 9.04 Å². The minimum absolute atomic E-state index is 0.0317. The van der Waals surface area contributed by atoms with Gasteiger partial charge in [0.1, 0.15) is 17.3 Å². The van der Waals surface area contributed by atoms with Gasteiger partial charge in [-0.05, 0) is 50.1 Å². The van der Waals surface area contributed by atoms with Gasteiger partial charge in [0.25, 0.3) is 5.91 Å². The van der Waals surface area contributed by atoms with E-state index in [1.165, 1.54) is 6.20 Å². The fourth-order valence-corrected chi connectivity index (χ4v) is 4.05. The molecule has 0 bridgehead atoms. The summed E-state index contributed by atoms with van der Waals surface area (Å²) < 4.78 is 31.8. The summed E-state index contributed by atoms with van der Waals surface area (Å²) in [6, 6.07) is 12.2. The maximum Gasteiger partial charge on any atom is 0.289 e.